The zero-order valence-electron chi connectivity index (χ0n) is 16.5. The molecule has 0 aromatic carbocycles. The van der Waals surface area contributed by atoms with Gasteiger partial charge in [0.2, 0.25) is 17.7 Å². The summed E-state index contributed by atoms with van der Waals surface area (Å²) in [6.45, 7) is 11.1. The number of hydrogen-bond donors (Lipinski definition) is 1. The van der Waals surface area contributed by atoms with Gasteiger partial charge in [-0.05, 0) is 12.3 Å². The Morgan fingerprint density at radius 1 is 1.38 bits per heavy atom. The Morgan fingerprint density at radius 2 is 2.08 bits per heavy atom. The Kier molecular flexibility index (Phi) is 8.95. The molecule has 1 unspecified atom stereocenters. The average molecular weight is 367 g/mol. The van der Waals surface area contributed by atoms with Crippen molar-refractivity contribution in [3.8, 4) is 0 Å². The van der Waals surface area contributed by atoms with E-state index in [-0.39, 0.29) is 43.9 Å². The third kappa shape index (κ3) is 5.93. The van der Waals surface area contributed by atoms with Crippen molar-refractivity contribution in [2.75, 3.05) is 6.54 Å². The fraction of sp³-hybridized carbons (Fsp3) is 0.722. The van der Waals surface area contributed by atoms with E-state index in [0.29, 0.717) is 25.2 Å². The molecule has 1 aliphatic heterocycles. The summed E-state index contributed by atoms with van der Waals surface area (Å²) in [5.41, 5.74) is 0.551. The van der Waals surface area contributed by atoms with Crippen molar-refractivity contribution in [1.29, 1.82) is 0 Å². The fourth-order valence-electron chi connectivity index (χ4n) is 2.65. The molecule has 1 aromatic rings. The molecule has 26 heavy (non-hydrogen) atoms. The molecule has 1 aliphatic rings. The Hall–Kier alpha value is -2.25. The van der Waals surface area contributed by atoms with E-state index >= 15 is 0 Å². The van der Waals surface area contributed by atoms with Crippen LogP contribution in [0.2, 0.25) is 0 Å². The first-order chi connectivity index (χ1) is 12.4. The average Bonchev–Trinajstić information content (AvgIpc) is 3.19. The van der Waals surface area contributed by atoms with E-state index < -0.39 is 0 Å². The van der Waals surface area contributed by atoms with Crippen molar-refractivity contribution in [2.45, 2.75) is 67.0 Å². The number of likely N-dealkylation sites (tertiary alicyclic amines) is 1. The van der Waals surface area contributed by atoms with Crippen molar-refractivity contribution in [3.63, 3.8) is 0 Å². The molecular weight excluding hydrogens is 334 g/mol. The van der Waals surface area contributed by atoms with E-state index in [0.717, 1.165) is 6.42 Å². The van der Waals surface area contributed by atoms with Gasteiger partial charge in [0.15, 0.2) is 0 Å². The van der Waals surface area contributed by atoms with Gasteiger partial charge in [-0.15, -0.1) is 5.10 Å². The highest BCUT2D eigenvalue weighted by atomic mass is 16.2. The van der Waals surface area contributed by atoms with Gasteiger partial charge in [0.25, 0.3) is 0 Å². The minimum absolute atomic E-state index is 0. The summed E-state index contributed by atoms with van der Waals surface area (Å²) in [6, 6.07) is 0. The fourth-order valence-corrected chi connectivity index (χ4v) is 2.65. The van der Waals surface area contributed by atoms with E-state index in [1.807, 2.05) is 34.6 Å². The number of imide groups is 1. The molecule has 1 fully saturated rings. The number of aryl methyl sites for hydroxylation is 1. The highest BCUT2D eigenvalue weighted by Gasteiger charge is 2.40. The van der Waals surface area contributed by atoms with Crippen LogP contribution in [0.25, 0.3) is 0 Å². The van der Waals surface area contributed by atoms with Crippen molar-refractivity contribution in [1.82, 2.24) is 25.2 Å². The number of nitrogens with zero attached hydrogens (tertiary/aromatic N) is 4. The Balaban J connectivity index is 0.00000218. The second kappa shape index (κ2) is 10.7. The SMILES string of the molecule is CC.CCCNC(=O)CCn1cc(CN2C(=O)CC(C(C)C)C2=O)nn1.[HH]. The van der Waals surface area contributed by atoms with Gasteiger partial charge in [0.05, 0.1) is 19.3 Å². The summed E-state index contributed by atoms with van der Waals surface area (Å²) in [6.07, 6.45) is 3.16. The van der Waals surface area contributed by atoms with Crippen LogP contribution in [0.1, 0.15) is 61.0 Å². The molecule has 1 saturated heterocycles. The van der Waals surface area contributed by atoms with Gasteiger partial charge >= 0.3 is 0 Å². The summed E-state index contributed by atoms with van der Waals surface area (Å²) in [5.74, 6) is -0.423. The van der Waals surface area contributed by atoms with Crippen molar-refractivity contribution >= 4 is 17.7 Å². The van der Waals surface area contributed by atoms with Crippen molar-refractivity contribution < 1.29 is 15.8 Å². The van der Waals surface area contributed by atoms with Gasteiger partial charge in [-0.1, -0.05) is 39.8 Å². The number of carbonyl (C=O) groups is 3. The molecule has 2 heterocycles. The number of hydrogen-bond acceptors (Lipinski definition) is 5. The van der Waals surface area contributed by atoms with Crippen LogP contribution < -0.4 is 5.32 Å². The van der Waals surface area contributed by atoms with Gasteiger partial charge in [-0.3, -0.25) is 24.0 Å². The smallest absolute Gasteiger partial charge is 0.233 e. The molecule has 0 radical (unpaired) electrons. The first-order valence-corrected chi connectivity index (χ1v) is 9.42. The first-order valence-electron chi connectivity index (χ1n) is 9.42. The monoisotopic (exact) mass is 367 g/mol. The lowest BCUT2D eigenvalue weighted by Crippen LogP contribution is -2.31. The molecule has 0 bridgehead atoms. The predicted molar refractivity (Wildman–Crippen MR) is 99.9 cm³/mol. The summed E-state index contributed by atoms with van der Waals surface area (Å²) in [4.78, 5) is 37.1. The standard InChI is InChI=1S/C16H25N5O3.C2H6.H2/c1-4-6-17-14(22)5-7-20-9-12(18-19-20)10-21-15(23)8-13(11(2)3)16(21)24;1-2;/h9,11,13H,4-8,10H2,1-3H3,(H,17,22);1-2H3;1H. The maximum Gasteiger partial charge on any atom is 0.233 e. The summed E-state index contributed by atoms with van der Waals surface area (Å²) < 4.78 is 1.56. The third-order valence-corrected chi connectivity index (χ3v) is 4.13. The van der Waals surface area contributed by atoms with Gasteiger partial charge in [-0.25, -0.2) is 0 Å². The lowest BCUT2D eigenvalue weighted by Gasteiger charge is -2.14. The number of carbonyl (C=O) groups excluding carboxylic acids is 3. The Labute approximate surface area is 156 Å². The summed E-state index contributed by atoms with van der Waals surface area (Å²) >= 11 is 0. The lowest BCUT2D eigenvalue weighted by molar-refractivity contribution is -0.140. The Bertz CT molecular complexity index is 618. The normalized spacial score (nSPS) is 16.7. The van der Waals surface area contributed by atoms with Crippen molar-refractivity contribution in [3.05, 3.63) is 11.9 Å². The minimum atomic E-state index is -0.241. The van der Waals surface area contributed by atoms with Crippen LogP contribution in [0.4, 0.5) is 0 Å². The second-order valence-electron chi connectivity index (χ2n) is 6.45. The molecule has 0 spiro atoms. The maximum atomic E-state index is 12.3. The van der Waals surface area contributed by atoms with Gasteiger partial charge in [0, 0.05) is 26.7 Å². The van der Waals surface area contributed by atoms with Crippen molar-refractivity contribution in [2.24, 2.45) is 11.8 Å². The van der Waals surface area contributed by atoms with Gasteiger partial charge < -0.3 is 5.32 Å². The predicted octanol–water partition coefficient (Wildman–Crippen LogP) is 2.00. The molecular formula is C18H33N5O3. The van der Waals surface area contributed by atoms with Crippen LogP contribution in [-0.2, 0) is 27.5 Å². The number of amides is 3. The van der Waals surface area contributed by atoms with Crippen LogP contribution in [0.3, 0.4) is 0 Å². The molecule has 8 heteroatoms. The molecule has 8 nitrogen and oxygen atoms in total. The molecule has 3 amide bonds. The second-order valence-corrected chi connectivity index (χ2v) is 6.45. The highest BCUT2D eigenvalue weighted by Crippen LogP contribution is 2.27. The molecule has 0 saturated carbocycles. The summed E-state index contributed by atoms with van der Waals surface area (Å²) in [5, 5.41) is 10.7. The first kappa shape index (κ1) is 21.8. The zero-order valence-corrected chi connectivity index (χ0v) is 16.5. The molecule has 0 aliphatic carbocycles. The van der Waals surface area contributed by atoms with Crippen LogP contribution in [0.5, 0.6) is 0 Å². The quantitative estimate of drug-likeness (QED) is 0.709. The van der Waals surface area contributed by atoms with E-state index in [1.165, 1.54) is 4.90 Å². The zero-order chi connectivity index (χ0) is 19.7. The number of nitrogens with one attached hydrogen (secondary N) is 1. The van der Waals surface area contributed by atoms with E-state index in [2.05, 4.69) is 15.6 Å². The molecule has 1 atom stereocenters. The van der Waals surface area contributed by atoms with Crippen LogP contribution in [-0.4, -0.2) is 44.2 Å². The van der Waals surface area contributed by atoms with E-state index in [1.54, 1.807) is 10.9 Å². The molecule has 2 rings (SSSR count). The van der Waals surface area contributed by atoms with Gasteiger partial charge in [0.1, 0.15) is 5.69 Å². The summed E-state index contributed by atoms with van der Waals surface area (Å²) in [7, 11) is 0. The van der Waals surface area contributed by atoms with Gasteiger partial charge in [-0.2, -0.15) is 0 Å². The largest absolute Gasteiger partial charge is 0.356 e. The number of rotatable bonds is 8. The van der Waals surface area contributed by atoms with Crippen LogP contribution in [0, 0.1) is 11.8 Å². The van der Waals surface area contributed by atoms with E-state index in [4.69, 9.17) is 0 Å². The third-order valence-electron chi connectivity index (χ3n) is 4.13. The van der Waals surface area contributed by atoms with Crippen LogP contribution in [0.15, 0.2) is 6.20 Å². The van der Waals surface area contributed by atoms with Crippen LogP contribution >= 0.6 is 0 Å². The highest BCUT2D eigenvalue weighted by molar-refractivity contribution is 6.03. The topological polar surface area (TPSA) is 97.2 Å². The van der Waals surface area contributed by atoms with E-state index in [9.17, 15) is 14.4 Å². The molecule has 1 aromatic heterocycles. The molecule has 148 valence electrons. The maximum absolute atomic E-state index is 12.3. The molecule has 1 N–H and O–H groups in total. The lowest BCUT2D eigenvalue weighted by atomic mass is 9.94. The Morgan fingerprint density at radius 3 is 2.65 bits per heavy atom. The number of aromatic nitrogens is 3. The minimum Gasteiger partial charge on any atom is -0.356 e.